The van der Waals surface area contributed by atoms with Crippen LogP contribution in [0, 0.1) is 5.82 Å². The van der Waals surface area contributed by atoms with Crippen LogP contribution in [-0.2, 0) is 16.1 Å². The zero-order valence-corrected chi connectivity index (χ0v) is 19.4. The summed E-state index contributed by atoms with van der Waals surface area (Å²) in [6, 6.07) is 10.2. The van der Waals surface area contributed by atoms with Gasteiger partial charge in [-0.2, -0.15) is 0 Å². The van der Waals surface area contributed by atoms with Gasteiger partial charge in [0.1, 0.15) is 29.1 Å². The SMILES string of the molecule is COc1cc(OC)cc(OCC(=O)N(Cc2ccccc2F)C(C)C(=O)NC(C)(C)C)c1. The van der Waals surface area contributed by atoms with Gasteiger partial charge < -0.3 is 24.4 Å². The van der Waals surface area contributed by atoms with E-state index < -0.39 is 23.3 Å². The number of rotatable bonds is 9. The Balaban J connectivity index is 2.23. The van der Waals surface area contributed by atoms with Crippen LogP contribution in [0.15, 0.2) is 42.5 Å². The first kappa shape index (κ1) is 25.0. The van der Waals surface area contributed by atoms with Crippen LogP contribution in [0.4, 0.5) is 4.39 Å². The van der Waals surface area contributed by atoms with Gasteiger partial charge in [0.05, 0.1) is 14.2 Å². The predicted molar refractivity (Wildman–Crippen MR) is 119 cm³/mol. The molecule has 0 aliphatic rings. The van der Waals surface area contributed by atoms with Crippen molar-refractivity contribution < 1.29 is 28.2 Å². The molecule has 0 spiro atoms. The number of halogens is 1. The van der Waals surface area contributed by atoms with Crippen LogP contribution in [0.5, 0.6) is 17.2 Å². The minimum absolute atomic E-state index is 0.0744. The first-order valence-corrected chi connectivity index (χ1v) is 10.2. The highest BCUT2D eigenvalue weighted by Crippen LogP contribution is 2.27. The van der Waals surface area contributed by atoms with E-state index in [2.05, 4.69) is 5.32 Å². The van der Waals surface area contributed by atoms with Gasteiger partial charge in [-0.25, -0.2) is 4.39 Å². The zero-order chi connectivity index (χ0) is 23.9. The highest BCUT2D eigenvalue weighted by atomic mass is 19.1. The fourth-order valence-corrected chi connectivity index (χ4v) is 2.96. The van der Waals surface area contributed by atoms with E-state index in [1.165, 1.54) is 25.2 Å². The molecular weight excluding hydrogens is 415 g/mol. The van der Waals surface area contributed by atoms with Gasteiger partial charge in [-0.15, -0.1) is 0 Å². The molecular formula is C24H31FN2O5. The largest absolute Gasteiger partial charge is 0.496 e. The molecule has 2 aromatic rings. The number of amides is 2. The van der Waals surface area contributed by atoms with Crippen molar-refractivity contribution in [1.29, 1.82) is 0 Å². The van der Waals surface area contributed by atoms with E-state index in [9.17, 15) is 14.0 Å². The summed E-state index contributed by atoms with van der Waals surface area (Å²) in [6.45, 7) is 6.72. The third kappa shape index (κ3) is 7.14. The van der Waals surface area contributed by atoms with Gasteiger partial charge >= 0.3 is 0 Å². The molecule has 2 aromatic carbocycles. The van der Waals surface area contributed by atoms with E-state index in [1.54, 1.807) is 43.3 Å². The van der Waals surface area contributed by atoms with E-state index in [4.69, 9.17) is 14.2 Å². The smallest absolute Gasteiger partial charge is 0.261 e. The lowest BCUT2D eigenvalue weighted by atomic mass is 10.1. The van der Waals surface area contributed by atoms with Gasteiger partial charge in [0.2, 0.25) is 5.91 Å². The third-order valence-corrected chi connectivity index (χ3v) is 4.65. The normalized spacial score (nSPS) is 12.0. The Morgan fingerprint density at radius 1 is 1.03 bits per heavy atom. The molecule has 1 N–H and O–H groups in total. The molecule has 0 aliphatic heterocycles. The highest BCUT2D eigenvalue weighted by Gasteiger charge is 2.29. The van der Waals surface area contributed by atoms with Crippen molar-refractivity contribution >= 4 is 11.8 Å². The summed E-state index contributed by atoms with van der Waals surface area (Å²) < 4.78 is 30.3. The van der Waals surface area contributed by atoms with Crippen LogP contribution in [0.25, 0.3) is 0 Å². The van der Waals surface area contributed by atoms with E-state index in [0.717, 1.165) is 0 Å². The number of hydrogen-bond donors (Lipinski definition) is 1. The number of benzene rings is 2. The number of nitrogens with one attached hydrogen (secondary N) is 1. The average Bonchev–Trinajstić information content (AvgIpc) is 2.74. The Bertz CT molecular complexity index is 920. The van der Waals surface area contributed by atoms with Crippen molar-refractivity contribution in [3.8, 4) is 17.2 Å². The number of hydrogen-bond acceptors (Lipinski definition) is 5. The van der Waals surface area contributed by atoms with Crippen LogP contribution in [-0.4, -0.2) is 49.1 Å². The fraction of sp³-hybridized carbons (Fsp3) is 0.417. The van der Waals surface area contributed by atoms with Crippen molar-refractivity contribution in [2.45, 2.75) is 45.8 Å². The maximum atomic E-state index is 14.3. The van der Waals surface area contributed by atoms with Gasteiger partial charge in [-0.3, -0.25) is 9.59 Å². The molecule has 1 unspecified atom stereocenters. The molecule has 0 saturated heterocycles. The summed E-state index contributed by atoms with van der Waals surface area (Å²) in [5, 5.41) is 2.86. The molecule has 0 radical (unpaired) electrons. The van der Waals surface area contributed by atoms with Crippen LogP contribution < -0.4 is 19.5 Å². The van der Waals surface area contributed by atoms with Crippen molar-refractivity contribution in [3.63, 3.8) is 0 Å². The van der Waals surface area contributed by atoms with Crippen LogP contribution >= 0.6 is 0 Å². The van der Waals surface area contributed by atoms with E-state index in [0.29, 0.717) is 22.8 Å². The Hall–Kier alpha value is -3.29. The monoisotopic (exact) mass is 446 g/mol. The second-order valence-corrected chi connectivity index (χ2v) is 8.37. The van der Waals surface area contributed by atoms with Crippen LogP contribution in [0.2, 0.25) is 0 Å². The average molecular weight is 447 g/mol. The minimum atomic E-state index is -0.843. The van der Waals surface area contributed by atoms with Crippen LogP contribution in [0.1, 0.15) is 33.3 Å². The summed E-state index contributed by atoms with van der Waals surface area (Å²) >= 11 is 0. The second kappa shape index (κ2) is 10.8. The van der Waals surface area contributed by atoms with Gasteiger partial charge in [0.15, 0.2) is 6.61 Å². The van der Waals surface area contributed by atoms with E-state index in [-0.39, 0.29) is 19.1 Å². The summed E-state index contributed by atoms with van der Waals surface area (Å²) in [6.07, 6.45) is 0. The topological polar surface area (TPSA) is 77.1 Å². The standard InChI is InChI=1S/C24H31FN2O5/c1-16(23(29)26-24(2,3)4)27(14-17-9-7-8-10-21(17)25)22(28)15-32-20-12-18(30-5)11-19(13-20)31-6/h7-13,16H,14-15H2,1-6H3,(H,26,29). The predicted octanol–water partition coefficient (Wildman–Crippen LogP) is 3.55. The van der Waals surface area contributed by atoms with Gasteiger partial charge in [0.25, 0.3) is 5.91 Å². The van der Waals surface area contributed by atoms with Crippen molar-refractivity contribution in [2.75, 3.05) is 20.8 Å². The molecule has 2 amide bonds. The van der Waals surface area contributed by atoms with Crippen molar-refractivity contribution in [2.24, 2.45) is 0 Å². The molecule has 1 atom stereocenters. The molecule has 0 aliphatic carbocycles. The lowest BCUT2D eigenvalue weighted by molar-refractivity contribution is -0.142. The van der Waals surface area contributed by atoms with Gasteiger partial charge in [-0.05, 0) is 33.8 Å². The lowest BCUT2D eigenvalue weighted by Crippen LogP contribution is -2.53. The Kier molecular flexibility index (Phi) is 8.46. The molecule has 2 rings (SSSR count). The molecule has 0 saturated carbocycles. The molecule has 0 fully saturated rings. The first-order valence-electron chi connectivity index (χ1n) is 10.2. The third-order valence-electron chi connectivity index (χ3n) is 4.65. The zero-order valence-electron chi connectivity index (χ0n) is 19.4. The van der Waals surface area contributed by atoms with Gasteiger partial charge in [-0.1, -0.05) is 18.2 Å². The lowest BCUT2D eigenvalue weighted by Gasteiger charge is -2.31. The number of nitrogens with zero attached hydrogens (tertiary/aromatic N) is 1. The van der Waals surface area contributed by atoms with E-state index in [1.807, 2.05) is 20.8 Å². The Labute approximate surface area is 188 Å². The Morgan fingerprint density at radius 3 is 2.12 bits per heavy atom. The summed E-state index contributed by atoms with van der Waals surface area (Å²) in [7, 11) is 3.02. The number of ether oxygens (including phenoxy) is 3. The number of carbonyl (C=O) groups is 2. The van der Waals surface area contributed by atoms with E-state index >= 15 is 0 Å². The highest BCUT2D eigenvalue weighted by molar-refractivity contribution is 5.88. The maximum absolute atomic E-state index is 14.3. The quantitative estimate of drug-likeness (QED) is 0.638. The number of carbonyl (C=O) groups excluding carboxylic acids is 2. The Morgan fingerprint density at radius 2 is 1.59 bits per heavy atom. The molecule has 8 heteroatoms. The van der Waals surface area contributed by atoms with Gasteiger partial charge in [0, 0.05) is 35.8 Å². The molecule has 0 bridgehead atoms. The molecule has 7 nitrogen and oxygen atoms in total. The summed E-state index contributed by atoms with van der Waals surface area (Å²) in [5.74, 6) is 0.122. The minimum Gasteiger partial charge on any atom is -0.496 e. The summed E-state index contributed by atoms with van der Waals surface area (Å²) in [4.78, 5) is 27.1. The van der Waals surface area contributed by atoms with Crippen molar-refractivity contribution in [1.82, 2.24) is 10.2 Å². The second-order valence-electron chi connectivity index (χ2n) is 8.37. The maximum Gasteiger partial charge on any atom is 0.261 e. The summed E-state index contributed by atoms with van der Waals surface area (Å²) in [5.41, 5.74) is -0.176. The number of methoxy groups -OCH3 is 2. The molecule has 0 heterocycles. The van der Waals surface area contributed by atoms with Crippen LogP contribution in [0.3, 0.4) is 0 Å². The molecule has 0 aromatic heterocycles. The first-order chi connectivity index (χ1) is 15.0. The fourth-order valence-electron chi connectivity index (χ4n) is 2.96. The molecule has 32 heavy (non-hydrogen) atoms. The van der Waals surface area contributed by atoms with Crippen molar-refractivity contribution in [3.05, 3.63) is 53.8 Å². The molecule has 174 valence electrons.